The van der Waals surface area contributed by atoms with Gasteiger partial charge in [0, 0.05) is 6.54 Å². The van der Waals surface area contributed by atoms with E-state index in [9.17, 15) is 4.79 Å². The summed E-state index contributed by atoms with van der Waals surface area (Å²) in [7, 11) is 5.76. The lowest BCUT2D eigenvalue weighted by atomic mass is 10.1. The molecule has 0 aliphatic carbocycles. The van der Waals surface area contributed by atoms with Crippen LogP contribution in [0.5, 0.6) is 0 Å². The molecule has 100 valence electrons. The normalized spacial score (nSPS) is 22.9. The maximum Gasteiger partial charge on any atom is 0.182 e. The van der Waals surface area contributed by atoms with E-state index in [1.807, 2.05) is 7.05 Å². The number of carbonyl (C=O) groups excluding carboxylic acids is 1. The minimum absolute atomic E-state index is 0.0682. The molecule has 2 heterocycles. The number of hydrogen-bond donors (Lipinski definition) is 0. The third kappa shape index (κ3) is 3.11. The number of aromatic nitrogens is 4. The highest BCUT2D eigenvalue weighted by molar-refractivity contribution is 5.85. The van der Waals surface area contributed by atoms with Crippen LogP contribution in [-0.2, 0) is 18.3 Å². The molecular formula is C11H20N6O. The van der Waals surface area contributed by atoms with E-state index in [0.29, 0.717) is 5.82 Å². The molecule has 0 spiro atoms. The fourth-order valence-electron chi connectivity index (χ4n) is 2.29. The number of nitrogens with zero attached hydrogens (tertiary/aromatic N) is 6. The molecule has 2 rings (SSSR count). The Morgan fingerprint density at radius 2 is 2.11 bits per heavy atom. The van der Waals surface area contributed by atoms with Crippen molar-refractivity contribution in [3.8, 4) is 0 Å². The van der Waals surface area contributed by atoms with E-state index >= 15 is 0 Å². The third-order valence-electron chi connectivity index (χ3n) is 3.32. The number of ketones is 1. The molecular weight excluding hydrogens is 232 g/mol. The highest BCUT2D eigenvalue weighted by Crippen LogP contribution is 2.09. The minimum Gasteiger partial charge on any atom is -0.304 e. The summed E-state index contributed by atoms with van der Waals surface area (Å²) < 4.78 is 0. The van der Waals surface area contributed by atoms with E-state index < -0.39 is 0 Å². The number of carbonyl (C=O) groups is 1. The van der Waals surface area contributed by atoms with Crippen molar-refractivity contribution in [2.24, 2.45) is 7.05 Å². The number of tetrazole rings is 1. The van der Waals surface area contributed by atoms with Crippen LogP contribution in [0.3, 0.4) is 0 Å². The van der Waals surface area contributed by atoms with E-state index in [-0.39, 0.29) is 18.2 Å². The Hall–Kier alpha value is -1.34. The van der Waals surface area contributed by atoms with Crippen LogP contribution < -0.4 is 0 Å². The fraction of sp³-hybridized carbons (Fsp3) is 0.818. The molecule has 1 aromatic heterocycles. The number of Topliss-reactive ketones (excluding diaryl/α,β-unsaturated/α-hetero) is 1. The van der Waals surface area contributed by atoms with Crippen LogP contribution in [0.4, 0.5) is 0 Å². The van der Waals surface area contributed by atoms with Gasteiger partial charge in [-0.15, -0.1) is 10.2 Å². The fourth-order valence-corrected chi connectivity index (χ4v) is 2.29. The van der Waals surface area contributed by atoms with Crippen molar-refractivity contribution in [1.29, 1.82) is 0 Å². The smallest absolute Gasteiger partial charge is 0.182 e. The van der Waals surface area contributed by atoms with Gasteiger partial charge in [-0.3, -0.25) is 9.69 Å². The zero-order valence-corrected chi connectivity index (χ0v) is 11.2. The van der Waals surface area contributed by atoms with Gasteiger partial charge in [0.15, 0.2) is 11.6 Å². The summed E-state index contributed by atoms with van der Waals surface area (Å²) in [5.41, 5.74) is 0. The van der Waals surface area contributed by atoms with Crippen LogP contribution in [0.15, 0.2) is 0 Å². The Morgan fingerprint density at radius 3 is 2.78 bits per heavy atom. The first-order valence-electron chi connectivity index (χ1n) is 6.20. The number of aryl methyl sites for hydroxylation is 1. The molecule has 0 aromatic carbocycles. The van der Waals surface area contributed by atoms with Crippen molar-refractivity contribution in [3.05, 3.63) is 5.82 Å². The molecule has 1 saturated heterocycles. The van der Waals surface area contributed by atoms with Crippen molar-refractivity contribution in [2.45, 2.75) is 18.9 Å². The predicted octanol–water partition coefficient (Wildman–Crippen LogP) is -1.04. The Kier molecular flexibility index (Phi) is 4.03. The number of hydrogen-bond acceptors (Lipinski definition) is 6. The second-order valence-electron chi connectivity index (χ2n) is 4.95. The lowest BCUT2D eigenvalue weighted by Gasteiger charge is -2.25. The van der Waals surface area contributed by atoms with Crippen LogP contribution in [0.2, 0.25) is 0 Å². The van der Waals surface area contributed by atoms with Crippen molar-refractivity contribution < 1.29 is 4.79 Å². The molecule has 0 saturated carbocycles. The average Bonchev–Trinajstić information content (AvgIpc) is 2.62. The summed E-state index contributed by atoms with van der Waals surface area (Å²) in [6, 6.07) is -0.0682. The Bertz CT molecular complexity index is 417. The van der Waals surface area contributed by atoms with Crippen molar-refractivity contribution in [2.75, 3.05) is 33.7 Å². The van der Waals surface area contributed by atoms with E-state index in [1.165, 1.54) is 4.80 Å². The lowest BCUT2D eigenvalue weighted by molar-refractivity contribution is -0.123. The zero-order valence-electron chi connectivity index (χ0n) is 11.2. The average molecular weight is 252 g/mol. The molecule has 0 radical (unpaired) electrons. The monoisotopic (exact) mass is 252 g/mol. The molecule has 1 unspecified atom stereocenters. The molecule has 0 bridgehead atoms. The zero-order chi connectivity index (χ0) is 13.1. The Balaban J connectivity index is 2.02. The van der Waals surface area contributed by atoms with Crippen molar-refractivity contribution in [3.63, 3.8) is 0 Å². The molecule has 1 fully saturated rings. The van der Waals surface area contributed by atoms with Gasteiger partial charge in [-0.1, -0.05) is 0 Å². The van der Waals surface area contributed by atoms with Crippen LogP contribution in [0, 0.1) is 0 Å². The summed E-state index contributed by atoms with van der Waals surface area (Å²) >= 11 is 0. The molecule has 7 nitrogen and oxygen atoms in total. The van der Waals surface area contributed by atoms with Gasteiger partial charge in [0.2, 0.25) is 0 Å². The van der Waals surface area contributed by atoms with Gasteiger partial charge in [0.1, 0.15) is 0 Å². The maximum absolute atomic E-state index is 12.3. The van der Waals surface area contributed by atoms with Gasteiger partial charge in [0.05, 0.1) is 19.5 Å². The molecule has 0 amide bonds. The number of likely N-dealkylation sites (N-methyl/N-ethyl adjacent to an activating group) is 2. The molecule has 0 N–H and O–H groups in total. The van der Waals surface area contributed by atoms with Crippen LogP contribution in [0.1, 0.15) is 12.2 Å². The third-order valence-corrected chi connectivity index (χ3v) is 3.32. The largest absolute Gasteiger partial charge is 0.304 e. The standard InChI is InChI=1S/C11H20N6O/c1-15-5-4-6-16(2)9(8-15)10(18)7-11-12-14-17(3)13-11/h9H,4-8H2,1-3H3. The van der Waals surface area contributed by atoms with Crippen LogP contribution in [-0.4, -0.2) is 75.6 Å². The minimum atomic E-state index is -0.0682. The van der Waals surface area contributed by atoms with E-state index in [4.69, 9.17) is 0 Å². The quantitative estimate of drug-likeness (QED) is 0.684. The Morgan fingerprint density at radius 1 is 1.33 bits per heavy atom. The maximum atomic E-state index is 12.3. The summed E-state index contributed by atoms with van der Waals surface area (Å²) in [5.74, 6) is 0.669. The first-order chi connectivity index (χ1) is 8.56. The second-order valence-corrected chi connectivity index (χ2v) is 4.95. The predicted molar refractivity (Wildman–Crippen MR) is 66.0 cm³/mol. The van der Waals surface area contributed by atoms with Crippen LogP contribution >= 0.6 is 0 Å². The van der Waals surface area contributed by atoms with Crippen molar-refractivity contribution >= 4 is 5.78 Å². The first-order valence-corrected chi connectivity index (χ1v) is 6.20. The molecule has 1 atom stereocenters. The molecule has 18 heavy (non-hydrogen) atoms. The van der Waals surface area contributed by atoms with Gasteiger partial charge in [-0.25, -0.2) is 0 Å². The summed E-state index contributed by atoms with van der Waals surface area (Å²) in [4.78, 5) is 18.0. The summed E-state index contributed by atoms with van der Waals surface area (Å²) in [6.07, 6.45) is 1.36. The molecule has 1 aromatic rings. The summed E-state index contributed by atoms with van der Waals surface area (Å²) in [6.45, 7) is 2.77. The number of rotatable bonds is 3. The highest BCUT2D eigenvalue weighted by atomic mass is 16.1. The second kappa shape index (κ2) is 5.53. The lowest BCUT2D eigenvalue weighted by Crippen LogP contribution is -2.44. The van der Waals surface area contributed by atoms with Gasteiger partial charge in [-0.05, 0) is 38.8 Å². The Labute approximate surface area is 107 Å². The SMILES string of the molecule is CN1CCCN(C)C(C(=O)Cc2nnn(C)n2)C1. The van der Waals surface area contributed by atoms with E-state index in [1.54, 1.807) is 7.05 Å². The molecule has 1 aliphatic rings. The molecule has 7 heteroatoms. The van der Waals surface area contributed by atoms with Gasteiger partial charge in [-0.2, -0.15) is 4.80 Å². The van der Waals surface area contributed by atoms with Gasteiger partial charge < -0.3 is 4.90 Å². The first kappa shape index (κ1) is 13.1. The summed E-state index contributed by atoms with van der Waals surface area (Å²) in [5, 5.41) is 11.7. The molecule has 1 aliphatic heterocycles. The topological polar surface area (TPSA) is 67.2 Å². The van der Waals surface area contributed by atoms with Crippen molar-refractivity contribution in [1.82, 2.24) is 30.0 Å². The van der Waals surface area contributed by atoms with Gasteiger partial charge >= 0.3 is 0 Å². The van der Waals surface area contributed by atoms with E-state index in [2.05, 4.69) is 32.3 Å². The highest BCUT2D eigenvalue weighted by Gasteiger charge is 2.27. The van der Waals surface area contributed by atoms with E-state index in [0.717, 1.165) is 26.1 Å². The van der Waals surface area contributed by atoms with Crippen LogP contribution in [0.25, 0.3) is 0 Å². The van der Waals surface area contributed by atoms with Gasteiger partial charge in [0.25, 0.3) is 0 Å².